The first-order valence-corrected chi connectivity index (χ1v) is 35.6. The smallest absolute Gasteiger partial charge is 0.456 e. The van der Waals surface area contributed by atoms with E-state index in [9.17, 15) is 19.0 Å². The molecule has 0 rings (SSSR count). The molecular weight excluding hydrogens is 1040 g/mol. The fourth-order valence-corrected chi connectivity index (χ4v) is 10.4. The average molecular weight is 1170 g/mol. The summed E-state index contributed by atoms with van der Waals surface area (Å²) in [6.45, 7) is 6.84. The van der Waals surface area contributed by atoms with Gasteiger partial charge in [-0.15, -0.1) is 0 Å². The summed E-state index contributed by atoms with van der Waals surface area (Å²) in [4.78, 5) is 37.8. The van der Waals surface area contributed by atoms with Crippen LogP contribution in [0.2, 0.25) is 0 Å². The van der Waals surface area contributed by atoms with E-state index in [1.165, 1.54) is 193 Å². The van der Waals surface area contributed by atoms with Gasteiger partial charge < -0.3 is 19.4 Å². The second-order valence-electron chi connectivity index (χ2n) is 24.1. The molecule has 0 radical (unpaired) electrons. The number of carbonyl (C=O) groups is 2. The Balaban J connectivity index is 5.09. The fourth-order valence-electron chi connectivity index (χ4n) is 9.67. The van der Waals surface area contributed by atoms with Gasteiger partial charge in [0.25, 0.3) is 0 Å². The van der Waals surface area contributed by atoms with Gasteiger partial charge in [-0.3, -0.25) is 18.6 Å². The van der Waals surface area contributed by atoms with Crippen LogP contribution in [-0.4, -0.2) is 74.3 Å². The number of amides is 1. The number of likely N-dealkylation sites (N-methyl/N-ethyl adjacent to an activating group) is 1. The van der Waals surface area contributed by atoms with Crippen LogP contribution in [0.5, 0.6) is 0 Å². The van der Waals surface area contributed by atoms with Crippen molar-refractivity contribution in [3.63, 3.8) is 0 Å². The molecule has 0 aliphatic rings. The third-order valence-electron chi connectivity index (χ3n) is 14.9. The maximum atomic E-state index is 13.6. The number of allylic oxidation sites excluding steroid dienone is 15. The van der Waals surface area contributed by atoms with Crippen LogP contribution >= 0.6 is 7.82 Å². The summed E-state index contributed by atoms with van der Waals surface area (Å²) in [5.41, 5.74) is 0. The van der Waals surface area contributed by atoms with Gasteiger partial charge >= 0.3 is 13.8 Å². The molecule has 474 valence electrons. The van der Waals surface area contributed by atoms with Crippen molar-refractivity contribution in [2.75, 3.05) is 40.9 Å². The molecule has 1 amide bonds. The molecule has 82 heavy (non-hydrogen) atoms. The molecule has 0 aliphatic heterocycles. The average Bonchev–Trinajstić information content (AvgIpc) is 3.44. The number of hydrogen-bond acceptors (Lipinski definition) is 6. The van der Waals surface area contributed by atoms with Crippen molar-refractivity contribution in [1.82, 2.24) is 5.32 Å². The second-order valence-corrected chi connectivity index (χ2v) is 25.6. The number of rotatable bonds is 61. The summed E-state index contributed by atoms with van der Waals surface area (Å²) in [6.07, 6.45) is 82.9. The van der Waals surface area contributed by atoms with E-state index in [0.29, 0.717) is 17.4 Å². The molecule has 0 spiro atoms. The second kappa shape index (κ2) is 61.0. The summed E-state index contributed by atoms with van der Waals surface area (Å²) >= 11 is 0. The number of unbranched alkanes of at least 4 members (excludes halogenated alkanes) is 36. The molecular formula is C72H130N2O7P+. The fraction of sp³-hybridized carbons (Fsp3) is 0.750. The molecule has 3 atom stereocenters. The van der Waals surface area contributed by atoms with Crippen molar-refractivity contribution >= 4 is 19.7 Å². The molecule has 0 aliphatic carbocycles. The first-order valence-electron chi connectivity index (χ1n) is 34.1. The van der Waals surface area contributed by atoms with E-state index in [2.05, 4.69) is 50.4 Å². The lowest BCUT2D eigenvalue weighted by Gasteiger charge is -2.27. The van der Waals surface area contributed by atoms with Crippen LogP contribution in [0.4, 0.5) is 0 Å². The molecule has 0 saturated heterocycles. The first-order chi connectivity index (χ1) is 39.9. The highest BCUT2D eigenvalue weighted by Gasteiger charge is 2.30. The third-order valence-corrected chi connectivity index (χ3v) is 15.9. The summed E-state index contributed by atoms with van der Waals surface area (Å²) < 4.78 is 30.7. The van der Waals surface area contributed by atoms with Crippen molar-refractivity contribution in [2.45, 2.75) is 309 Å². The summed E-state index contributed by atoms with van der Waals surface area (Å²) in [6, 6.07) is -0.876. The molecule has 3 unspecified atom stereocenters. The summed E-state index contributed by atoms with van der Waals surface area (Å²) in [5.74, 6) is -0.552. The maximum Gasteiger partial charge on any atom is 0.472 e. The van der Waals surface area contributed by atoms with Crippen molar-refractivity contribution in [3.8, 4) is 0 Å². The number of phosphoric acid groups is 1. The molecule has 0 aromatic rings. The molecule has 0 heterocycles. The zero-order chi connectivity index (χ0) is 60.0. The highest BCUT2D eigenvalue weighted by molar-refractivity contribution is 7.47. The Bertz CT molecular complexity index is 1720. The highest BCUT2D eigenvalue weighted by Crippen LogP contribution is 2.43. The zero-order valence-corrected chi connectivity index (χ0v) is 55.1. The summed E-state index contributed by atoms with van der Waals surface area (Å²) in [7, 11) is 1.46. The maximum absolute atomic E-state index is 13.6. The number of phosphoric ester groups is 1. The topological polar surface area (TPSA) is 111 Å². The largest absolute Gasteiger partial charge is 0.472 e. The van der Waals surface area contributed by atoms with Crippen molar-refractivity contribution < 1.29 is 37.3 Å². The molecule has 0 fully saturated rings. The Labute approximate surface area is 507 Å². The normalized spacial score (nSPS) is 14.2. The van der Waals surface area contributed by atoms with Crippen LogP contribution in [-0.2, 0) is 27.9 Å². The molecule has 9 nitrogen and oxygen atoms in total. The molecule has 0 bridgehead atoms. The number of carbonyl (C=O) groups excluding carboxylic acids is 2. The lowest BCUT2D eigenvalue weighted by Crippen LogP contribution is -2.47. The van der Waals surface area contributed by atoms with Crippen LogP contribution < -0.4 is 5.32 Å². The van der Waals surface area contributed by atoms with E-state index in [1.54, 1.807) is 0 Å². The van der Waals surface area contributed by atoms with E-state index in [-0.39, 0.29) is 37.9 Å². The standard InChI is InChI=1S/C72H129N2O7P/c1-7-10-13-16-19-22-25-28-30-32-33-34-35-36-37-38-39-40-41-43-45-47-50-53-56-59-62-65-72(76)81-70(63-60-57-54-51-48-27-24-21-18-15-12-9-3)69(68-80-82(77,78)79-67-66-74(4,5)6)73-71(75)64-61-58-55-52-49-46-44-42-31-29-26-23-20-17-14-11-8-2/h11,14,17,20,23,26,28-31,42,44,46,49,60,63,69-70H,7-10,12-13,15-16,18-19,21-22,24-25,27,32-41,43,45,47-48,50-59,61-62,64-68H2,1-6H3,(H-,73,75,77,78)/p+1/b14-11-,20-17+,26-23+,30-28+,31-29-,44-42+,49-46+,63-60-. The van der Waals surface area contributed by atoms with Crippen LogP contribution in [0.25, 0.3) is 0 Å². The van der Waals surface area contributed by atoms with Gasteiger partial charge in [0, 0.05) is 12.8 Å². The third kappa shape index (κ3) is 61.5. The van der Waals surface area contributed by atoms with Gasteiger partial charge in [-0.25, -0.2) is 4.57 Å². The Kier molecular flexibility index (Phi) is 58.7. The highest BCUT2D eigenvalue weighted by atomic mass is 31.2. The van der Waals surface area contributed by atoms with Crippen LogP contribution in [0, 0.1) is 0 Å². The van der Waals surface area contributed by atoms with Gasteiger partial charge in [0.2, 0.25) is 5.91 Å². The Morgan fingerprint density at radius 3 is 1.22 bits per heavy atom. The van der Waals surface area contributed by atoms with Gasteiger partial charge in [0.1, 0.15) is 19.3 Å². The monoisotopic (exact) mass is 1170 g/mol. The Morgan fingerprint density at radius 2 is 0.793 bits per heavy atom. The van der Waals surface area contributed by atoms with Crippen LogP contribution in [0.1, 0.15) is 297 Å². The minimum atomic E-state index is -4.47. The Morgan fingerprint density at radius 1 is 0.439 bits per heavy atom. The molecule has 0 aromatic heterocycles. The van der Waals surface area contributed by atoms with Gasteiger partial charge in [-0.1, -0.05) is 305 Å². The van der Waals surface area contributed by atoms with Crippen molar-refractivity contribution in [3.05, 3.63) is 97.2 Å². The van der Waals surface area contributed by atoms with Gasteiger partial charge in [-0.05, 0) is 76.7 Å². The van der Waals surface area contributed by atoms with E-state index in [4.69, 9.17) is 13.8 Å². The zero-order valence-electron chi connectivity index (χ0n) is 54.2. The molecule has 2 N–H and O–H groups in total. The number of nitrogens with zero attached hydrogens (tertiary/aromatic N) is 1. The van der Waals surface area contributed by atoms with Crippen LogP contribution in [0.15, 0.2) is 97.2 Å². The number of hydrogen-bond donors (Lipinski definition) is 2. The Hall–Kier alpha value is -3.07. The van der Waals surface area contributed by atoms with Crippen molar-refractivity contribution in [1.29, 1.82) is 0 Å². The predicted octanol–water partition coefficient (Wildman–Crippen LogP) is 21.5. The number of esters is 1. The lowest BCUT2D eigenvalue weighted by molar-refractivity contribution is -0.870. The minimum Gasteiger partial charge on any atom is -0.456 e. The number of nitrogens with one attached hydrogen (secondary N) is 1. The van der Waals surface area contributed by atoms with Gasteiger partial charge in [0.05, 0.1) is 33.8 Å². The lowest BCUT2D eigenvalue weighted by atomic mass is 10.0. The van der Waals surface area contributed by atoms with E-state index >= 15 is 0 Å². The summed E-state index contributed by atoms with van der Waals surface area (Å²) in [5, 5.41) is 3.04. The quantitative estimate of drug-likeness (QED) is 0.0156. The van der Waals surface area contributed by atoms with E-state index < -0.39 is 20.0 Å². The molecule has 0 aromatic carbocycles. The van der Waals surface area contributed by atoms with Gasteiger partial charge in [0.15, 0.2) is 0 Å². The van der Waals surface area contributed by atoms with Crippen molar-refractivity contribution in [2.24, 2.45) is 0 Å². The van der Waals surface area contributed by atoms with Gasteiger partial charge in [-0.2, -0.15) is 0 Å². The minimum absolute atomic E-state index is 0.0275. The number of quaternary nitrogens is 1. The molecule has 10 heteroatoms. The first kappa shape index (κ1) is 78.9. The SMILES string of the molecule is CC\C=C/C=C/C=C/C=C\C=C\C=C\CCCCCC(=O)NC(COP(=O)(O)OCC[N+](C)(C)C)C(/C=C\CCCCCCCCCCCC)OC(=O)CCCCCCCCCCCCCCCCCCC/C=C/CCCCCCCC. The van der Waals surface area contributed by atoms with E-state index in [0.717, 1.165) is 64.2 Å². The van der Waals surface area contributed by atoms with E-state index in [1.807, 2.05) is 94.1 Å². The predicted molar refractivity (Wildman–Crippen MR) is 355 cm³/mol. The van der Waals surface area contributed by atoms with Crippen LogP contribution in [0.3, 0.4) is 0 Å². The number of ether oxygens (including phenoxy) is 1. The molecule has 0 saturated carbocycles.